The average Bonchev–Trinajstić information content (AvgIpc) is 2.67. The number of aromatic nitrogens is 2. The van der Waals surface area contributed by atoms with E-state index in [1.807, 2.05) is 29.2 Å². The molecule has 2 fully saturated rings. The minimum absolute atomic E-state index is 0.124. The second-order valence-corrected chi connectivity index (χ2v) is 7.66. The van der Waals surface area contributed by atoms with E-state index in [1.54, 1.807) is 26.5 Å². The molecule has 4 rings (SSSR count). The molecule has 1 aromatic carbocycles. The van der Waals surface area contributed by atoms with Gasteiger partial charge in [-0.25, -0.2) is 4.98 Å². The molecule has 1 N–H and O–H groups in total. The molecule has 2 aliphatic rings. The number of carbonyl (C=O) groups is 1. The Balaban J connectivity index is 1.53. The Morgan fingerprint density at radius 2 is 2.07 bits per heavy atom. The van der Waals surface area contributed by atoms with Crippen LogP contribution in [0, 0.1) is 5.41 Å². The van der Waals surface area contributed by atoms with E-state index in [0.717, 1.165) is 24.2 Å². The van der Waals surface area contributed by atoms with Crippen LogP contribution in [0.2, 0.25) is 0 Å². The molecule has 1 saturated carbocycles. The number of anilines is 1. The van der Waals surface area contributed by atoms with Crippen LogP contribution in [-0.2, 0) is 11.2 Å². The number of hydrogen-bond acceptors (Lipinski definition) is 6. The van der Waals surface area contributed by atoms with Crippen molar-refractivity contribution >= 4 is 11.9 Å². The zero-order valence-electron chi connectivity index (χ0n) is 16.4. The molecule has 0 radical (unpaired) electrons. The molecule has 0 unspecified atom stereocenters. The number of rotatable bonds is 7. The van der Waals surface area contributed by atoms with Crippen LogP contribution in [-0.4, -0.2) is 49.2 Å². The summed E-state index contributed by atoms with van der Waals surface area (Å²) in [6.07, 6.45) is 5.67. The number of nitrogens with zero attached hydrogens (tertiary/aromatic N) is 3. The van der Waals surface area contributed by atoms with Crippen LogP contribution >= 0.6 is 0 Å². The standard InChI is InChI=1S/C21H26N4O3/c1-27-17-8-3-5-15(11-17)12-21(19(26)23-16-6-4-7-16)13-25(14-21)20-22-10-9-18(24-20)28-2/h3,5,8-11,16H,4,6-7,12-14H2,1-2H3,(H,23,26). The van der Waals surface area contributed by atoms with Crippen LogP contribution in [0.5, 0.6) is 11.6 Å². The normalized spacial score (nSPS) is 18.0. The van der Waals surface area contributed by atoms with Crippen LogP contribution in [0.25, 0.3) is 0 Å². The molecular formula is C21H26N4O3. The van der Waals surface area contributed by atoms with Crippen molar-refractivity contribution in [2.75, 3.05) is 32.2 Å². The van der Waals surface area contributed by atoms with Gasteiger partial charge in [0.1, 0.15) is 5.75 Å². The third-order valence-electron chi connectivity index (χ3n) is 5.70. The van der Waals surface area contributed by atoms with E-state index in [1.165, 1.54) is 6.42 Å². The van der Waals surface area contributed by atoms with E-state index < -0.39 is 5.41 Å². The molecule has 1 saturated heterocycles. The van der Waals surface area contributed by atoms with Gasteiger partial charge in [0.05, 0.1) is 19.6 Å². The van der Waals surface area contributed by atoms with Gasteiger partial charge in [0.15, 0.2) is 0 Å². The van der Waals surface area contributed by atoms with Gasteiger partial charge in [-0.1, -0.05) is 12.1 Å². The first-order valence-corrected chi connectivity index (χ1v) is 9.68. The summed E-state index contributed by atoms with van der Waals surface area (Å²) < 4.78 is 10.5. The summed E-state index contributed by atoms with van der Waals surface area (Å²) >= 11 is 0. The van der Waals surface area contributed by atoms with Crippen LogP contribution in [0.1, 0.15) is 24.8 Å². The summed E-state index contributed by atoms with van der Waals surface area (Å²) in [5, 5.41) is 3.24. The second kappa shape index (κ2) is 7.66. The van der Waals surface area contributed by atoms with E-state index in [9.17, 15) is 4.79 Å². The maximum absolute atomic E-state index is 13.2. The Morgan fingerprint density at radius 3 is 2.75 bits per heavy atom. The number of benzene rings is 1. The summed E-state index contributed by atoms with van der Waals surface area (Å²) in [6, 6.07) is 9.97. The van der Waals surface area contributed by atoms with Crippen LogP contribution in [0.4, 0.5) is 5.95 Å². The van der Waals surface area contributed by atoms with Gasteiger partial charge >= 0.3 is 0 Å². The van der Waals surface area contributed by atoms with Gasteiger partial charge in [0.25, 0.3) is 0 Å². The summed E-state index contributed by atoms with van der Waals surface area (Å²) in [4.78, 5) is 23.9. The average molecular weight is 382 g/mol. The molecule has 2 heterocycles. The number of carbonyl (C=O) groups excluding carboxylic acids is 1. The fourth-order valence-corrected chi connectivity index (χ4v) is 3.82. The largest absolute Gasteiger partial charge is 0.497 e. The van der Waals surface area contributed by atoms with Gasteiger partial charge in [-0.2, -0.15) is 4.98 Å². The van der Waals surface area contributed by atoms with Crippen LogP contribution in [0.15, 0.2) is 36.5 Å². The Hall–Kier alpha value is -2.83. The molecular weight excluding hydrogens is 356 g/mol. The van der Waals surface area contributed by atoms with E-state index in [0.29, 0.717) is 37.4 Å². The fourth-order valence-electron chi connectivity index (χ4n) is 3.82. The minimum atomic E-state index is -0.492. The second-order valence-electron chi connectivity index (χ2n) is 7.66. The summed E-state index contributed by atoms with van der Waals surface area (Å²) in [7, 11) is 3.24. The van der Waals surface area contributed by atoms with Gasteiger partial charge in [0, 0.05) is 31.4 Å². The highest BCUT2D eigenvalue weighted by atomic mass is 16.5. The molecule has 7 nitrogen and oxygen atoms in total. The van der Waals surface area contributed by atoms with Gasteiger partial charge in [0.2, 0.25) is 17.7 Å². The van der Waals surface area contributed by atoms with Gasteiger partial charge in [-0.15, -0.1) is 0 Å². The fraction of sp³-hybridized carbons (Fsp3) is 0.476. The first-order chi connectivity index (χ1) is 13.6. The lowest BCUT2D eigenvalue weighted by atomic mass is 9.73. The predicted molar refractivity (Wildman–Crippen MR) is 106 cm³/mol. The van der Waals surface area contributed by atoms with Crippen molar-refractivity contribution < 1.29 is 14.3 Å². The quantitative estimate of drug-likeness (QED) is 0.791. The Labute approximate surface area is 165 Å². The molecule has 0 atom stereocenters. The Morgan fingerprint density at radius 1 is 1.25 bits per heavy atom. The lowest BCUT2D eigenvalue weighted by molar-refractivity contribution is -0.134. The smallest absolute Gasteiger partial charge is 0.230 e. The first-order valence-electron chi connectivity index (χ1n) is 9.68. The highest BCUT2D eigenvalue weighted by Crippen LogP contribution is 2.38. The molecule has 1 aromatic heterocycles. The van der Waals surface area contributed by atoms with Gasteiger partial charge in [-0.05, 0) is 43.4 Å². The molecule has 148 valence electrons. The highest BCUT2D eigenvalue weighted by Gasteiger charge is 2.50. The van der Waals surface area contributed by atoms with Crippen molar-refractivity contribution in [3.63, 3.8) is 0 Å². The zero-order chi connectivity index (χ0) is 19.6. The Bertz CT molecular complexity index is 847. The van der Waals surface area contributed by atoms with E-state index in [-0.39, 0.29) is 5.91 Å². The van der Waals surface area contributed by atoms with Crippen LogP contribution in [0.3, 0.4) is 0 Å². The molecule has 0 bridgehead atoms. The maximum atomic E-state index is 13.2. The van der Waals surface area contributed by atoms with Gasteiger partial charge < -0.3 is 19.7 Å². The Kier molecular flexibility index (Phi) is 5.07. The molecule has 1 aliphatic heterocycles. The first kappa shape index (κ1) is 18.5. The lowest BCUT2D eigenvalue weighted by Crippen LogP contribution is -2.66. The van der Waals surface area contributed by atoms with Gasteiger partial charge in [-0.3, -0.25) is 4.79 Å². The number of hydrogen-bond donors (Lipinski definition) is 1. The third-order valence-corrected chi connectivity index (χ3v) is 5.70. The number of methoxy groups -OCH3 is 2. The molecule has 0 spiro atoms. The van der Waals surface area contributed by atoms with Crippen molar-refractivity contribution in [3.8, 4) is 11.6 Å². The summed E-state index contributed by atoms with van der Waals surface area (Å²) in [5.74, 6) is 2.05. The lowest BCUT2D eigenvalue weighted by Gasteiger charge is -2.49. The van der Waals surface area contributed by atoms with E-state index in [4.69, 9.17) is 9.47 Å². The van der Waals surface area contributed by atoms with Crippen molar-refractivity contribution in [2.24, 2.45) is 5.41 Å². The van der Waals surface area contributed by atoms with Crippen molar-refractivity contribution in [2.45, 2.75) is 31.7 Å². The van der Waals surface area contributed by atoms with E-state index >= 15 is 0 Å². The van der Waals surface area contributed by atoms with Crippen molar-refractivity contribution in [1.29, 1.82) is 0 Å². The van der Waals surface area contributed by atoms with Crippen molar-refractivity contribution in [1.82, 2.24) is 15.3 Å². The highest BCUT2D eigenvalue weighted by molar-refractivity contribution is 5.86. The number of nitrogens with one attached hydrogen (secondary N) is 1. The summed E-state index contributed by atoms with van der Waals surface area (Å²) in [6.45, 7) is 1.16. The summed E-state index contributed by atoms with van der Waals surface area (Å²) in [5.41, 5.74) is 0.600. The minimum Gasteiger partial charge on any atom is -0.497 e. The molecule has 1 aliphatic carbocycles. The zero-order valence-corrected chi connectivity index (χ0v) is 16.4. The predicted octanol–water partition coefficient (Wildman–Crippen LogP) is 2.21. The topological polar surface area (TPSA) is 76.6 Å². The molecule has 28 heavy (non-hydrogen) atoms. The van der Waals surface area contributed by atoms with Crippen LogP contribution < -0.4 is 19.7 Å². The number of ether oxygens (including phenoxy) is 2. The van der Waals surface area contributed by atoms with Crippen molar-refractivity contribution in [3.05, 3.63) is 42.1 Å². The maximum Gasteiger partial charge on any atom is 0.230 e. The monoisotopic (exact) mass is 382 g/mol. The molecule has 7 heteroatoms. The third kappa shape index (κ3) is 3.61. The molecule has 1 amide bonds. The number of amides is 1. The SMILES string of the molecule is COc1cccc(CC2(C(=O)NC3CCC3)CN(c3nccc(OC)n3)C2)c1. The van der Waals surface area contributed by atoms with E-state index in [2.05, 4.69) is 15.3 Å². The molecule has 2 aromatic rings.